The monoisotopic (exact) mass is 365 g/mol. The summed E-state index contributed by atoms with van der Waals surface area (Å²) in [6.45, 7) is 0.815. The van der Waals surface area contributed by atoms with Gasteiger partial charge in [0, 0.05) is 32.5 Å². The molecule has 0 fully saturated rings. The van der Waals surface area contributed by atoms with E-state index in [9.17, 15) is 14.4 Å². The molecule has 8 nitrogen and oxygen atoms in total. The van der Waals surface area contributed by atoms with Crippen molar-refractivity contribution < 1.29 is 9.59 Å². The molecule has 0 spiro atoms. The zero-order valence-corrected chi connectivity index (χ0v) is 14.8. The first kappa shape index (κ1) is 18.2. The number of H-pyrrole nitrogens is 1. The molecule has 2 amide bonds. The van der Waals surface area contributed by atoms with Crippen LogP contribution in [0, 0.1) is 0 Å². The van der Waals surface area contributed by atoms with Gasteiger partial charge in [0.05, 0.1) is 16.5 Å². The van der Waals surface area contributed by atoms with Crippen LogP contribution < -0.4 is 10.9 Å². The summed E-state index contributed by atoms with van der Waals surface area (Å²) >= 11 is 0. The number of aromatic nitrogens is 3. The number of nitrogens with one attached hydrogen (secondary N) is 2. The van der Waals surface area contributed by atoms with E-state index in [0.29, 0.717) is 36.0 Å². The molecule has 138 valence electrons. The number of para-hydroxylation sites is 1. The minimum atomic E-state index is -0.459. The van der Waals surface area contributed by atoms with Crippen LogP contribution in [-0.2, 0) is 0 Å². The van der Waals surface area contributed by atoms with Crippen LogP contribution in [0.1, 0.15) is 27.4 Å². The van der Waals surface area contributed by atoms with Crippen LogP contribution in [-0.4, -0.2) is 51.8 Å². The maximum Gasteiger partial charge on any atom is 0.287 e. The van der Waals surface area contributed by atoms with Crippen molar-refractivity contribution >= 4 is 22.7 Å². The lowest BCUT2D eigenvalue weighted by atomic mass is 10.2. The number of rotatable bonds is 6. The third kappa shape index (κ3) is 4.35. The summed E-state index contributed by atoms with van der Waals surface area (Å²) in [5, 5.41) is 3.14. The van der Waals surface area contributed by atoms with Crippen molar-refractivity contribution in [3.8, 4) is 0 Å². The molecule has 2 N–H and O–H groups in total. The van der Waals surface area contributed by atoms with E-state index in [0.717, 1.165) is 0 Å². The number of benzene rings is 1. The van der Waals surface area contributed by atoms with Crippen molar-refractivity contribution in [2.45, 2.75) is 6.42 Å². The molecule has 8 heteroatoms. The Labute approximate surface area is 155 Å². The van der Waals surface area contributed by atoms with Gasteiger partial charge >= 0.3 is 0 Å². The molecule has 0 bridgehead atoms. The Balaban J connectivity index is 1.53. The lowest BCUT2D eigenvalue weighted by Crippen LogP contribution is -2.32. The summed E-state index contributed by atoms with van der Waals surface area (Å²) in [5.41, 5.74) is 0.628. The first-order chi connectivity index (χ1) is 13.1. The minimum absolute atomic E-state index is 0.0292. The number of aromatic amines is 1. The standard InChI is InChI=1S/C19H19N5O3/c1-24(19(27)13-6-4-9-20-12-13)11-5-10-21-18(26)16-22-15-8-3-2-7-14(15)17(25)23-16/h2-4,6-9,12H,5,10-11H2,1H3,(H,21,26)(H,22,23,25). The molecule has 0 aliphatic carbocycles. The molecular formula is C19H19N5O3. The van der Waals surface area contributed by atoms with E-state index in [2.05, 4.69) is 20.3 Å². The van der Waals surface area contributed by atoms with Gasteiger partial charge in [-0.05, 0) is 30.7 Å². The van der Waals surface area contributed by atoms with Gasteiger partial charge in [0.15, 0.2) is 5.82 Å². The molecule has 0 aliphatic rings. The molecule has 0 aliphatic heterocycles. The average Bonchev–Trinajstić information content (AvgIpc) is 2.71. The van der Waals surface area contributed by atoms with Gasteiger partial charge in [-0.2, -0.15) is 0 Å². The van der Waals surface area contributed by atoms with Crippen LogP contribution in [0.15, 0.2) is 53.6 Å². The van der Waals surface area contributed by atoms with E-state index in [-0.39, 0.29) is 17.3 Å². The Hall–Kier alpha value is -3.55. The van der Waals surface area contributed by atoms with Crippen molar-refractivity contribution in [2.24, 2.45) is 0 Å². The fourth-order valence-electron chi connectivity index (χ4n) is 2.61. The van der Waals surface area contributed by atoms with Gasteiger partial charge in [0.2, 0.25) is 0 Å². The first-order valence-electron chi connectivity index (χ1n) is 8.49. The maximum absolute atomic E-state index is 12.2. The van der Waals surface area contributed by atoms with Crippen molar-refractivity contribution in [2.75, 3.05) is 20.1 Å². The average molecular weight is 365 g/mol. The number of pyridine rings is 1. The highest BCUT2D eigenvalue weighted by Crippen LogP contribution is 2.05. The normalized spacial score (nSPS) is 10.6. The highest BCUT2D eigenvalue weighted by molar-refractivity contribution is 5.94. The minimum Gasteiger partial charge on any atom is -0.349 e. The number of nitrogens with zero attached hydrogens (tertiary/aromatic N) is 3. The Kier molecular flexibility index (Phi) is 5.55. The number of amides is 2. The van der Waals surface area contributed by atoms with Crippen molar-refractivity contribution in [3.05, 3.63) is 70.5 Å². The lowest BCUT2D eigenvalue weighted by Gasteiger charge is -2.17. The first-order valence-corrected chi connectivity index (χ1v) is 8.49. The predicted octanol–water partition coefficient (Wildman–Crippen LogP) is 1.21. The SMILES string of the molecule is CN(CCCNC(=O)c1nc2ccccc2c(=O)[nH]1)C(=O)c1cccnc1. The topological polar surface area (TPSA) is 108 Å². The molecule has 0 radical (unpaired) electrons. The molecule has 2 heterocycles. The molecule has 0 atom stereocenters. The number of hydrogen-bond donors (Lipinski definition) is 2. The van der Waals surface area contributed by atoms with Gasteiger partial charge in [-0.1, -0.05) is 12.1 Å². The van der Waals surface area contributed by atoms with Crippen LogP contribution >= 0.6 is 0 Å². The van der Waals surface area contributed by atoms with Gasteiger partial charge in [-0.3, -0.25) is 19.4 Å². The predicted molar refractivity (Wildman–Crippen MR) is 101 cm³/mol. The highest BCUT2D eigenvalue weighted by Gasteiger charge is 2.13. The van der Waals surface area contributed by atoms with Crippen molar-refractivity contribution in [1.29, 1.82) is 0 Å². The largest absolute Gasteiger partial charge is 0.349 e. The zero-order chi connectivity index (χ0) is 19.2. The fourth-order valence-corrected chi connectivity index (χ4v) is 2.61. The van der Waals surface area contributed by atoms with E-state index in [4.69, 9.17) is 0 Å². The summed E-state index contributed by atoms with van der Waals surface area (Å²) in [6.07, 6.45) is 3.69. The molecule has 3 aromatic rings. The summed E-state index contributed by atoms with van der Waals surface area (Å²) in [5.74, 6) is -0.618. The Morgan fingerprint density at radius 2 is 2.00 bits per heavy atom. The summed E-state index contributed by atoms with van der Waals surface area (Å²) < 4.78 is 0. The summed E-state index contributed by atoms with van der Waals surface area (Å²) in [7, 11) is 1.69. The molecule has 0 unspecified atom stereocenters. The molecule has 0 saturated carbocycles. The van der Waals surface area contributed by atoms with E-state index in [1.54, 1.807) is 54.5 Å². The van der Waals surface area contributed by atoms with Gasteiger partial charge in [-0.15, -0.1) is 0 Å². The molecule has 2 aromatic heterocycles. The number of carbonyl (C=O) groups excluding carboxylic acids is 2. The quantitative estimate of drug-likeness (QED) is 0.639. The fraction of sp³-hybridized carbons (Fsp3) is 0.211. The third-order valence-electron chi connectivity index (χ3n) is 4.04. The van der Waals surface area contributed by atoms with Gasteiger partial charge < -0.3 is 15.2 Å². The van der Waals surface area contributed by atoms with Gasteiger partial charge in [0.25, 0.3) is 17.4 Å². The van der Waals surface area contributed by atoms with Gasteiger partial charge in [-0.25, -0.2) is 4.98 Å². The van der Waals surface area contributed by atoms with Crippen LogP contribution in [0.4, 0.5) is 0 Å². The van der Waals surface area contributed by atoms with E-state index in [1.165, 1.54) is 6.20 Å². The second-order valence-electron chi connectivity index (χ2n) is 6.01. The lowest BCUT2D eigenvalue weighted by molar-refractivity contribution is 0.0793. The summed E-state index contributed by atoms with van der Waals surface area (Å²) in [6, 6.07) is 10.2. The smallest absolute Gasteiger partial charge is 0.287 e. The second kappa shape index (κ2) is 8.22. The molecule has 0 saturated heterocycles. The van der Waals surface area contributed by atoms with Gasteiger partial charge in [0.1, 0.15) is 0 Å². The second-order valence-corrected chi connectivity index (χ2v) is 6.01. The van der Waals surface area contributed by atoms with E-state index >= 15 is 0 Å². The molecule has 27 heavy (non-hydrogen) atoms. The summed E-state index contributed by atoms with van der Waals surface area (Å²) in [4.78, 5) is 48.6. The highest BCUT2D eigenvalue weighted by atomic mass is 16.2. The molecular weight excluding hydrogens is 346 g/mol. The van der Waals surface area contributed by atoms with Crippen LogP contribution in [0.3, 0.4) is 0 Å². The number of hydrogen-bond acceptors (Lipinski definition) is 5. The third-order valence-corrected chi connectivity index (χ3v) is 4.04. The Bertz CT molecular complexity index is 1020. The van der Waals surface area contributed by atoms with Crippen molar-refractivity contribution in [3.63, 3.8) is 0 Å². The Morgan fingerprint density at radius 1 is 1.19 bits per heavy atom. The molecule has 1 aromatic carbocycles. The van der Waals surface area contributed by atoms with E-state index < -0.39 is 5.91 Å². The zero-order valence-electron chi connectivity index (χ0n) is 14.8. The Morgan fingerprint density at radius 3 is 2.78 bits per heavy atom. The van der Waals surface area contributed by atoms with E-state index in [1.807, 2.05) is 0 Å². The van der Waals surface area contributed by atoms with Crippen LogP contribution in [0.25, 0.3) is 10.9 Å². The van der Waals surface area contributed by atoms with Crippen LogP contribution in [0.5, 0.6) is 0 Å². The van der Waals surface area contributed by atoms with Crippen LogP contribution in [0.2, 0.25) is 0 Å². The maximum atomic E-state index is 12.2. The number of fused-ring (bicyclic) bond motifs is 1. The van der Waals surface area contributed by atoms with Crippen molar-refractivity contribution in [1.82, 2.24) is 25.2 Å². The number of carbonyl (C=O) groups is 2. The molecule has 3 rings (SSSR count).